The number of likely N-dealkylation sites (tertiary alicyclic amines) is 1. The Morgan fingerprint density at radius 1 is 1.06 bits per heavy atom. The standard InChI is InChI=1S/C25H28BrNO6/c1-15(2)33-13-5-12-27-22(17-8-11-19(31-3)20(14-17)32-4)21(24(29)25(27)30)23(28)16-6-9-18(26)10-7-16/h6-11,14-15,22,28H,5,12-13H2,1-4H3/t22-/m0/s1. The highest BCUT2D eigenvalue weighted by atomic mass is 79.9. The number of amides is 1. The molecule has 0 aromatic heterocycles. The lowest BCUT2D eigenvalue weighted by atomic mass is 9.95. The van der Waals surface area contributed by atoms with Gasteiger partial charge in [0.25, 0.3) is 11.7 Å². The highest BCUT2D eigenvalue weighted by Crippen LogP contribution is 2.42. The number of ketones is 1. The van der Waals surface area contributed by atoms with Gasteiger partial charge >= 0.3 is 0 Å². The van der Waals surface area contributed by atoms with E-state index in [9.17, 15) is 14.7 Å². The molecule has 7 nitrogen and oxygen atoms in total. The lowest BCUT2D eigenvalue weighted by molar-refractivity contribution is -0.140. The van der Waals surface area contributed by atoms with Gasteiger partial charge in [-0.1, -0.05) is 34.1 Å². The normalized spacial score (nSPS) is 17.6. The van der Waals surface area contributed by atoms with E-state index in [1.54, 1.807) is 42.5 Å². The van der Waals surface area contributed by atoms with Crippen molar-refractivity contribution in [3.63, 3.8) is 0 Å². The summed E-state index contributed by atoms with van der Waals surface area (Å²) in [6.07, 6.45) is 0.618. The van der Waals surface area contributed by atoms with Gasteiger partial charge in [-0.3, -0.25) is 9.59 Å². The predicted octanol–water partition coefficient (Wildman–Crippen LogP) is 4.70. The van der Waals surface area contributed by atoms with Crippen molar-refractivity contribution in [3.05, 3.63) is 63.6 Å². The molecule has 3 rings (SSSR count). The van der Waals surface area contributed by atoms with Crippen LogP contribution in [-0.2, 0) is 14.3 Å². The monoisotopic (exact) mass is 517 g/mol. The molecular formula is C25H28BrNO6. The smallest absolute Gasteiger partial charge is 0.295 e. The number of methoxy groups -OCH3 is 2. The Morgan fingerprint density at radius 3 is 2.33 bits per heavy atom. The van der Waals surface area contributed by atoms with Gasteiger partial charge in [-0.15, -0.1) is 0 Å². The minimum absolute atomic E-state index is 0.0410. The average Bonchev–Trinajstić information content (AvgIpc) is 3.06. The number of benzene rings is 2. The maximum absolute atomic E-state index is 13.1. The third-order valence-electron chi connectivity index (χ3n) is 5.38. The maximum atomic E-state index is 13.1. The molecule has 33 heavy (non-hydrogen) atoms. The zero-order chi connectivity index (χ0) is 24.1. The number of hydrogen-bond acceptors (Lipinski definition) is 6. The number of Topliss-reactive ketones (excluding diaryl/α,β-unsaturated/α-hetero) is 1. The molecule has 0 saturated carbocycles. The second-order valence-electron chi connectivity index (χ2n) is 7.89. The van der Waals surface area contributed by atoms with Crippen LogP contribution < -0.4 is 9.47 Å². The number of aliphatic hydroxyl groups is 1. The van der Waals surface area contributed by atoms with E-state index >= 15 is 0 Å². The van der Waals surface area contributed by atoms with Crippen molar-refractivity contribution in [2.45, 2.75) is 32.4 Å². The van der Waals surface area contributed by atoms with Crippen molar-refractivity contribution in [3.8, 4) is 11.5 Å². The topological polar surface area (TPSA) is 85.3 Å². The summed E-state index contributed by atoms with van der Waals surface area (Å²) >= 11 is 3.37. The minimum Gasteiger partial charge on any atom is -0.507 e. The van der Waals surface area contributed by atoms with Gasteiger partial charge in [0.05, 0.1) is 31.9 Å². The molecule has 1 heterocycles. The molecule has 0 bridgehead atoms. The van der Waals surface area contributed by atoms with E-state index < -0.39 is 17.7 Å². The SMILES string of the molecule is COc1ccc([C@H]2C(=C(O)c3ccc(Br)cc3)C(=O)C(=O)N2CCCOC(C)C)cc1OC. The van der Waals surface area contributed by atoms with Gasteiger partial charge in [0, 0.05) is 23.2 Å². The first-order chi connectivity index (χ1) is 15.8. The fraction of sp³-hybridized carbons (Fsp3) is 0.360. The van der Waals surface area contributed by atoms with Crippen LogP contribution in [-0.4, -0.2) is 55.2 Å². The third-order valence-corrected chi connectivity index (χ3v) is 5.90. The zero-order valence-corrected chi connectivity index (χ0v) is 20.7. The van der Waals surface area contributed by atoms with Crippen molar-refractivity contribution in [1.29, 1.82) is 0 Å². The number of nitrogens with zero attached hydrogens (tertiary/aromatic N) is 1. The number of aliphatic hydroxyl groups excluding tert-OH is 1. The molecule has 1 amide bonds. The number of rotatable bonds is 9. The Morgan fingerprint density at radius 2 is 1.73 bits per heavy atom. The van der Waals surface area contributed by atoms with Crippen LogP contribution in [0.3, 0.4) is 0 Å². The quantitative estimate of drug-likeness (QED) is 0.224. The summed E-state index contributed by atoms with van der Waals surface area (Å²) in [6.45, 7) is 4.63. The first-order valence-corrected chi connectivity index (χ1v) is 11.5. The number of ether oxygens (including phenoxy) is 3. The lowest BCUT2D eigenvalue weighted by Gasteiger charge is -2.26. The van der Waals surface area contributed by atoms with E-state index in [2.05, 4.69) is 15.9 Å². The molecule has 0 aliphatic carbocycles. The molecule has 2 aromatic carbocycles. The summed E-state index contributed by atoms with van der Waals surface area (Å²) in [7, 11) is 3.05. The van der Waals surface area contributed by atoms with E-state index in [1.165, 1.54) is 19.1 Å². The summed E-state index contributed by atoms with van der Waals surface area (Å²) < 4.78 is 17.2. The molecule has 0 radical (unpaired) electrons. The molecule has 176 valence electrons. The summed E-state index contributed by atoms with van der Waals surface area (Å²) in [5, 5.41) is 11.1. The van der Waals surface area contributed by atoms with Crippen LogP contribution in [0.25, 0.3) is 5.76 Å². The second kappa shape index (κ2) is 10.9. The van der Waals surface area contributed by atoms with Crippen LogP contribution in [0.1, 0.15) is 37.4 Å². The number of carbonyl (C=O) groups is 2. The Kier molecular flexibility index (Phi) is 8.15. The largest absolute Gasteiger partial charge is 0.507 e. The van der Waals surface area contributed by atoms with Gasteiger partial charge in [0.2, 0.25) is 0 Å². The van der Waals surface area contributed by atoms with Crippen molar-refractivity contribution >= 4 is 33.4 Å². The number of carbonyl (C=O) groups excluding carboxylic acids is 2. The van der Waals surface area contributed by atoms with Crippen molar-refractivity contribution < 1.29 is 28.9 Å². The third kappa shape index (κ3) is 5.39. The van der Waals surface area contributed by atoms with Crippen LogP contribution in [0, 0.1) is 0 Å². The molecule has 1 N–H and O–H groups in total. The summed E-state index contributed by atoms with van der Waals surface area (Å²) in [6, 6.07) is 11.3. The molecule has 1 atom stereocenters. The molecule has 8 heteroatoms. The summed E-state index contributed by atoms with van der Waals surface area (Å²) in [5.74, 6) is -0.608. The Hall–Kier alpha value is -2.84. The van der Waals surface area contributed by atoms with E-state index in [1.807, 2.05) is 13.8 Å². The minimum atomic E-state index is -0.771. The van der Waals surface area contributed by atoms with Gasteiger partial charge in [0.1, 0.15) is 5.76 Å². The van der Waals surface area contributed by atoms with Gasteiger partial charge in [-0.2, -0.15) is 0 Å². The summed E-state index contributed by atoms with van der Waals surface area (Å²) in [5.41, 5.74) is 1.12. The van der Waals surface area contributed by atoms with Crippen LogP contribution in [0.2, 0.25) is 0 Å². The zero-order valence-electron chi connectivity index (χ0n) is 19.1. The van der Waals surface area contributed by atoms with Gasteiger partial charge < -0.3 is 24.2 Å². The predicted molar refractivity (Wildman–Crippen MR) is 128 cm³/mol. The van der Waals surface area contributed by atoms with Crippen molar-refractivity contribution in [1.82, 2.24) is 4.90 Å². The second-order valence-corrected chi connectivity index (χ2v) is 8.80. The molecule has 2 aromatic rings. The van der Waals surface area contributed by atoms with Crippen LogP contribution in [0.4, 0.5) is 0 Å². The molecule has 1 aliphatic heterocycles. The highest BCUT2D eigenvalue weighted by molar-refractivity contribution is 9.10. The van der Waals surface area contributed by atoms with Gasteiger partial charge in [-0.25, -0.2) is 0 Å². The Bertz CT molecular complexity index is 1050. The molecule has 1 aliphatic rings. The van der Waals surface area contributed by atoms with Crippen molar-refractivity contribution in [2.24, 2.45) is 0 Å². The first-order valence-electron chi connectivity index (χ1n) is 10.7. The first kappa shape index (κ1) is 24.8. The fourth-order valence-corrected chi connectivity index (χ4v) is 4.06. The van der Waals surface area contributed by atoms with Gasteiger partial charge in [-0.05, 0) is 50.1 Å². The molecule has 0 spiro atoms. The molecule has 1 saturated heterocycles. The average molecular weight is 518 g/mol. The van der Waals surface area contributed by atoms with E-state index in [0.29, 0.717) is 42.2 Å². The van der Waals surface area contributed by atoms with Gasteiger partial charge in [0.15, 0.2) is 11.5 Å². The molecular weight excluding hydrogens is 490 g/mol. The van der Waals surface area contributed by atoms with Crippen molar-refractivity contribution in [2.75, 3.05) is 27.4 Å². The molecule has 0 unspecified atom stereocenters. The highest BCUT2D eigenvalue weighted by Gasteiger charge is 2.46. The fourth-order valence-electron chi connectivity index (χ4n) is 3.80. The maximum Gasteiger partial charge on any atom is 0.295 e. The van der Waals surface area contributed by atoms with Crippen LogP contribution in [0.5, 0.6) is 11.5 Å². The van der Waals surface area contributed by atoms with E-state index in [4.69, 9.17) is 14.2 Å². The summed E-state index contributed by atoms with van der Waals surface area (Å²) in [4.78, 5) is 27.6. The number of halogens is 1. The number of hydrogen-bond donors (Lipinski definition) is 1. The van der Waals surface area contributed by atoms with E-state index in [-0.39, 0.29) is 17.4 Å². The van der Waals surface area contributed by atoms with Crippen LogP contribution in [0.15, 0.2) is 52.5 Å². The lowest BCUT2D eigenvalue weighted by Crippen LogP contribution is -2.31. The Balaban J connectivity index is 2.08. The molecule has 1 fully saturated rings. The Labute approximate surface area is 202 Å². The van der Waals surface area contributed by atoms with E-state index in [0.717, 1.165) is 4.47 Å². The van der Waals surface area contributed by atoms with Crippen LogP contribution >= 0.6 is 15.9 Å².